The predicted octanol–water partition coefficient (Wildman–Crippen LogP) is 2.49. The summed E-state index contributed by atoms with van der Waals surface area (Å²) >= 11 is 0. The lowest BCUT2D eigenvalue weighted by Crippen LogP contribution is -2.00. The minimum Gasteiger partial charge on any atom is -0.493 e. The molecule has 0 spiro atoms. The van der Waals surface area contributed by atoms with Gasteiger partial charge in [-0.15, -0.1) is 0 Å². The highest BCUT2D eigenvalue weighted by molar-refractivity contribution is 5.83. The van der Waals surface area contributed by atoms with Crippen molar-refractivity contribution in [2.75, 3.05) is 6.61 Å². The van der Waals surface area contributed by atoms with Crippen molar-refractivity contribution in [2.45, 2.75) is 19.8 Å². The van der Waals surface area contributed by atoms with Crippen LogP contribution in [-0.2, 0) is 0 Å². The lowest BCUT2D eigenvalue weighted by Gasteiger charge is -2.07. The van der Waals surface area contributed by atoms with Crippen LogP contribution in [0.25, 0.3) is 0 Å². The molecule has 1 aromatic rings. The average Bonchev–Trinajstić information content (AvgIpc) is 2.29. The maximum Gasteiger partial charge on any atom is 0.153 e. The first-order chi connectivity index (χ1) is 7.31. The van der Waals surface area contributed by atoms with Crippen LogP contribution in [0.3, 0.4) is 0 Å². The van der Waals surface area contributed by atoms with E-state index in [0.717, 1.165) is 25.4 Å². The second kappa shape index (κ2) is 5.96. The number of aldehydes is 2. The minimum absolute atomic E-state index is 0.483. The van der Waals surface area contributed by atoms with Crippen molar-refractivity contribution in [1.29, 1.82) is 0 Å². The van der Waals surface area contributed by atoms with E-state index in [9.17, 15) is 9.59 Å². The fourth-order valence-electron chi connectivity index (χ4n) is 1.17. The number of carbonyl (C=O) groups excluding carboxylic acids is 2. The van der Waals surface area contributed by atoms with Crippen LogP contribution in [0.5, 0.6) is 5.75 Å². The van der Waals surface area contributed by atoms with E-state index in [4.69, 9.17) is 4.74 Å². The first-order valence-corrected chi connectivity index (χ1v) is 4.99. The largest absolute Gasteiger partial charge is 0.493 e. The molecule has 0 aromatic heterocycles. The number of hydrogen-bond donors (Lipinski definition) is 0. The number of benzene rings is 1. The summed E-state index contributed by atoms with van der Waals surface area (Å²) in [7, 11) is 0. The van der Waals surface area contributed by atoms with Crippen LogP contribution < -0.4 is 4.74 Å². The lowest BCUT2D eigenvalue weighted by molar-refractivity contribution is 0.110. The third-order valence-electron chi connectivity index (χ3n) is 2.06. The van der Waals surface area contributed by atoms with Crippen molar-refractivity contribution in [2.24, 2.45) is 0 Å². The summed E-state index contributed by atoms with van der Waals surface area (Å²) in [5, 5.41) is 0. The van der Waals surface area contributed by atoms with Crippen LogP contribution >= 0.6 is 0 Å². The smallest absolute Gasteiger partial charge is 0.153 e. The van der Waals surface area contributed by atoms with Crippen LogP contribution in [-0.4, -0.2) is 19.2 Å². The van der Waals surface area contributed by atoms with Crippen LogP contribution in [0, 0.1) is 0 Å². The molecule has 0 fully saturated rings. The zero-order chi connectivity index (χ0) is 11.1. The summed E-state index contributed by atoms with van der Waals surface area (Å²) in [4.78, 5) is 21.2. The summed E-state index contributed by atoms with van der Waals surface area (Å²) in [6.07, 6.45) is 3.44. The van der Waals surface area contributed by atoms with Crippen LogP contribution in [0.2, 0.25) is 0 Å². The Bertz CT molecular complexity index is 345. The molecule has 0 amide bonds. The van der Waals surface area contributed by atoms with Gasteiger partial charge in [-0.1, -0.05) is 19.4 Å². The molecule has 0 aliphatic rings. The molecule has 0 unspecified atom stereocenters. The SMILES string of the molecule is CCCCOc1cc(C=O)ccc1C=O. The van der Waals surface area contributed by atoms with Gasteiger partial charge in [0, 0.05) is 5.56 Å². The highest BCUT2D eigenvalue weighted by atomic mass is 16.5. The number of rotatable bonds is 6. The number of ether oxygens (including phenoxy) is 1. The Morgan fingerprint density at radius 1 is 1.27 bits per heavy atom. The van der Waals surface area contributed by atoms with Gasteiger partial charge in [0.05, 0.1) is 12.2 Å². The van der Waals surface area contributed by atoms with Crippen LogP contribution in [0.1, 0.15) is 40.5 Å². The van der Waals surface area contributed by atoms with Gasteiger partial charge in [0.25, 0.3) is 0 Å². The van der Waals surface area contributed by atoms with Gasteiger partial charge < -0.3 is 4.74 Å². The van der Waals surface area contributed by atoms with Gasteiger partial charge in [-0.3, -0.25) is 9.59 Å². The molecule has 80 valence electrons. The molecular weight excluding hydrogens is 192 g/mol. The fourth-order valence-corrected chi connectivity index (χ4v) is 1.17. The Balaban J connectivity index is 2.81. The third-order valence-corrected chi connectivity index (χ3v) is 2.06. The Morgan fingerprint density at radius 3 is 2.67 bits per heavy atom. The van der Waals surface area contributed by atoms with Crippen molar-refractivity contribution < 1.29 is 14.3 Å². The fraction of sp³-hybridized carbons (Fsp3) is 0.333. The van der Waals surface area contributed by atoms with E-state index in [1.165, 1.54) is 0 Å². The molecule has 1 aromatic carbocycles. The van der Waals surface area contributed by atoms with Gasteiger partial charge in [0.1, 0.15) is 12.0 Å². The molecule has 0 N–H and O–H groups in total. The molecule has 0 radical (unpaired) electrons. The first-order valence-electron chi connectivity index (χ1n) is 4.99. The molecule has 0 aliphatic heterocycles. The molecule has 1 rings (SSSR count). The van der Waals surface area contributed by atoms with Crippen LogP contribution in [0.15, 0.2) is 18.2 Å². The van der Waals surface area contributed by atoms with E-state index < -0.39 is 0 Å². The minimum atomic E-state index is 0.483. The Morgan fingerprint density at radius 2 is 2.07 bits per heavy atom. The maximum absolute atomic E-state index is 10.7. The Kier molecular flexibility index (Phi) is 4.54. The van der Waals surface area contributed by atoms with Crippen molar-refractivity contribution in [3.8, 4) is 5.75 Å². The highest BCUT2D eigenvalue weighted by Gasteiger charge is 2.03. The summed E-state index contributed by atoms with van der Waals surface area (Å²) in [6, 6.07) is 4.79. The second-order valence-corrected chi connectivity index (χ2v) is 3.23. The number of carbonyl (C=O) groups is 2. The normalized spacial score (nSPS) is 9.67. The summed E-state index contributed by atoms with van der Waals surface area (Å²) in [5.41, 5.74) is 1.00. The number of unbranched alkanes of at least 4 members (excludes halogenated alkanes) is 1. The topological polar surface area (TPSA) is 43.4 Å². The van der Waals surface area contributed by atoms with E-state index >= 15 is 0 Å². The standard InChI is InChI=1S/C12H14O3/c1-2-3-6-15-12-7-10(8-13)4-5-11(12)9-14/h4-5,7-9H,2-3,6H2,1H3. The third kappa shape index (κ3) is 3.20. The van der Waals surface area contributed by atoms with Gasteiger partial charge in [-0.25, -0.2) is 0 Å². The maximum atomic E-state index is 10.7. The molecule has 0 atom stereocenters. The zero-order valence-electron chi connectivity index (χ0n) is 8.73. The molecule has 0 heterocycles. The highest BCUT2D eigenvalue weighted by Crippen LogP contribution is 2.18. The predicted molar refractivity (Wildman–Crippen MR) is 57.6 cm³/mol. The van der Waals surface area contributed by atoms with Gasteiger partial charge in [0.15, 0.2) is 6.29 Å². The van der Waals surface area contributed by atoms with E-state index in [2.05, 4.69) is 6.92 Å². The van der Waals surface area contributed by atoms with Gasteiger partial charge in [0.2, 0.25) is 0 Å². The molecule has 3 heteroatoms. The summed E-state index contributed by atoms with van der Waals surface area (Å²) < 4.78 is 5.42. The average molecular weight is 206 g/mol. The van der Waals surface area contributed by atoms with E-state index in [0.29, 0.717) is 23.5 Å². The zero-order valence-corrected chi connectivity index (χ0v) is 8.73. The molecule has 0 saturated carbocycles. The lowest BCUT2D eigenvalue weighted by atomic mass is 10.1. The molecular formula is C12H14O3. The second-order valence-electron chi connectivity index (χ2n) is 3.23. The molecule has 0 saturated heterocycles. The number of hydrogen-bond acceptors (Lipinski definition) is 3. The molecule has 15 heavy (non-hydrogen) atoms. The molecule has 0 aliphatic carbocycles. The Labute approximate surface area is 89.1 Å². The van der Waals surface area contributed by atoms with Crippen molar-refractivity contribution in [3.05, 3.63) is 29.3 Å². The first kappa shape index (κ1) is 11.4. The molecule has 0 bridgehead atoms. The van der Waals surface area contributed by atoms with Gasteiger partial charge >= 0.3 is 0 Å². The van der Waals surface area contributed by atoms with Crippen molar-refractivity contribution in [3.63, 3.8) is 0 Å². The molecule has 3 nitrogen and oxygen atoms in total. The van der Waals surface area contributed by atoms with Crippen LogP contribution in [0.4, 0.5) is 0 Å². The summed E-state index contributed by atoms with van der Waals surface area (Å²) in [6.45, 7) is 2.63. The van der Waals surface area contributed by atoms with E-state index in [-0.39, 0.29) is 0 Å². The quantitative estimate of drug-likeness (QED) is 0.530. The Hall–Kier alpha value is -1.64. The monoisotopic (exact) mass is 206 g/mol. The van der Waals surface area contributed by atoms with Gasteiger partial charge in [-0.05, 0) is 18.6 Å². The van der Waals surface area contributed by atoms with E-state index in [1.54, 1.807) is 18.2 Å². The summed E-state index contributed by atoms with van der Waals surface area (Å²) in [5.74, 6) is 0.489. The van der Waals surface area contributed by atoms with E-state index in [1.807, 2.05) is 0 Å². The van der Waals surface area contributed by atoms with Crippen molar-refractivity contribution >= 4 is 12.6 Å². The van der Waals surface area contributed by atoms with Crippen molar-refractivity contribution in [1.82, 2.24) is 0 Å². The van der Waals surface area contributed by atoms with Gasteiger partial charge in [-0.2, -0.15) is 0 Å².